The van der Waals surface area contributed by atoms with Gasteiger partial charge in [0.25, 0.3) is 0 Å². The third-order valence-corrected chi connectivity index (χ3v) is 10.9. The fourth-order valence-corrected chi connectivity index (χ4v) is 6.62. The van der Waals surface area contributed by atoms with Gasteiger partial charge in [0.05, 0.1) is 8.80 Å². The lowest BCUT2D eigenvalue weighted by Gasteiger charge is -2.33. The summed E-state index contributed by atoms with van der Waals surface area (Å²) in [5.74, 6) is 0. The van der Waals surface area contributed by atoms with Gasteiger partial charge >= 0.3 is 0 Å². The van der Waals surface area contributed by atoms with Crippen molar-refractivity contribution in [3.05, 3.63) is 0 Å². The Morgan fingerprint density at radius 3 is 1.93 bits per heavy atom. The Balaban J connectivity index is 4.28. The lowest BCUT2D eigenvalue weighted by molar-refractivity contribution is 0.255. The summed E-state index contributed by atoms with van der Waals surface area (Å²) in [6.07, 6.45) is 1.23. The Labute approximate surface area is 93.0 Å². The molecule has 0 aromatic rings. The van der Waals surface area contributed by atoms with E-state index in [1.54, 1.807) is 0 Å². The summed E-state index contributed by atoms with van der Waals surface area (Å²) in [5, 5.41) is 0. The minimum Gasteiger partial charge on any atom is -0.418 e. The molecule has 0 aromatic heterocycles. The minimum atomic E-state index is -1.33. The second-order valence-electron chi connectivity index (χ2n) is 4.61. The van der Waals surface area contributed by atoms with E-state index >= 15 is 0 Å². The topological polar surface area (TPSA) is 9.23 Å². The van der Waals surface area contributed by atoms with Gasteiger partial charge in [-0.3, -0.25) is 0 Å². The fourth-order valence-electron chi connectivity index (χ4n) is 1.65. The molecule has 3 heteroatoms. The Hall–Kier alpha value is 0.394. The van der Waals surface area contributed by atoms with Crippen molar-refractivity contribution in [1.29, 1.82) is 0 Å². The first kappa shape index (κ1) is 14.4. The molecule has 0 saturated carbocycles. The molecule has 0 bridgehead atoms. The minimum absolute atomic E-state index is 0.611. The van der Waals surface area contributed by atoms with Crippen LogP contribution in [-0.2, 0) is 4.43 Å². The number of hydrogen-bond donors (Lipinski definition) is 0. The molecule has 86 valence electrons. The third kappa shape index (κ3) is 4.28. The predicted octanol–water partition coefficient (Wildman–Crippen LogP) is 3.81. The summed E-state index contributed by atoms with van der Waals surface area (Å²) in [6.45, 7) is 14.0. The molecule has 0 spiro atoms. The van der Waals surface area contributed by atoms with Crippen molar-refractivity contribution in [1.82, 2.24) is 0 Å². The summed E-state index contributed by atoms with van der Waals surface area (Å²) >= 11 is 0. The molecule has 2 atom stereocenters. The maximum atomic E-state index is 6.44. The average Bonchev–Trinajstić information content (AvgIpc) is 2.24. The molecule has 0 heterocycles. The standard InChI is InChI=1S/C11H28OSi2/c1-7-11(13(5)8-2)12-14(6,9-3)10-4/h11,13H,7-10H2,1-6H3. The van der Waals surface area contributed by atoms with E-state index in [1.165, 1.54) is 24.6 Å². The smallest absolute Gasteiger partial charge is 0.189 e. The highest BCUT2D eigenvalue weighted by molar-refractivity contribution is 6.73. The molecular weight excluding hydrogens is 204 g/mol. The molecule has 14 heavy (non-hydrogen) atoms. The zero-order valence-corrected chi connectivity index (χ0v) is 13.0. The van der Waals surface area contributed by atoms with E-state index in [0.717, 1.165) is 0 Å². The van der Waals surface area contributed by atoms with Crippen molar-refractivity contribution < 1.29 is 4.43 Å². The highest BCUT2D eigenvalue weighted by Gasteiger charge is 2.29. The normalized spacial score (nSPS) is 16.7. The molecule has 0 radical (unpaired) electrons. The van der Waals surface area contributed by atoms with E-state index in [1.807, 2.05) is 0 Å². The van der Waals surface area contributed by atoms with Crippen LogP contribution >= 0.6 is 0 Å². The van der Waals surface area contributed by atoms with E-state index in [4.69, 9.17) is 4.43 Å². The maximum absolute atomic E-state index is 6.44. The molecule has 1 nitrogen and oxygen atoms in total. The van der Waals surface area contributed by atoms with Gasteiger partial charge < -0.3 is 4.43 Å². The van der Waals surface area contributed by atoms with Gasteiger partial charge in [0.15, 0.2) is 8.32 Å². The van der Waals surface area contributed by atoms with Crippen LogP contribution in [0.4, 0.5) is 0 Å². The summed E-state index contributed by atoms with van der Waals surface area (Å²) in [7, 11) is -1.94. The fraction of sp³-hybridized carbons (Fsp3) is 1.00. The van der Waals surface area contributed by atoms with Crippen LogP contribution in [0.5, 0.6) is 0 Å². The number of rotatable bonds is 7. The molecule has 0 aliphatic heterocycles. The molecule has 0 fully saturated rings. The van der Waals surface area contributed by atoms with E-state index < -0.39 is 17.1 Å². The quantitative estimate of drug-likeness (QED) is 0.607. The molecule has 0 aliphatic carbocycles. The van der Waals surface area contributed by atoms with Crippen molar-refractivity contribution in [3.63, 3.8) is 0 Å². The molecule has 2 unspecified atom stereocenters. The first-order valence-electron chi connectivity index (χ1n) is 6.20. The van der Waals surface area contributed by atoms with Crippen molar-refractivity contribution in [2.45, 2.75) is 71.1 Å². The van der Waals surface area contributed by atoms with Gasteiger partial charge in [-0.1, -0.05) is 40.3 Å². The lowest BCUT2D eigenvalue weighted by Crippen LogP contribution is -2.42. The van der Waals surface area contributed by atoms with Crippen LogP contribution in [0.15, 0.2) is 0 Å². The average molecular weight is 233 g/mol. The monoisotopic (exact) mass is 232 g/mol. The summed E-state index contributed by atoms with van der Waals surface area (Å²) < 4.78 is 6.44. The molecule has 0 aromatic carbocycles. The van der Waals surface area contributed by atoms with Crippen molar-refractivity contribution in [2.24, 2.45) is 0 Å². The maximum Gasteiger partial charge on any atom is 0.189 e. The van der Waals surface area contributed by atoms with E-state index in [0.29, 0.717) is 5.73 Å². The Morgan fingerprint density at radius 2 is 1.64 bits per heavy atom. The van der Waals surface area contributed by atoms with Gasteiger partial charge in [0.2, 0.25) is 0 Å². The van der Waals surface area contributed by atoms with Crippen LogP contribution in [-0.4, -0.2) is 22.8 Å². The van der Waals surface area contributed by atoms with Gasteiger partial charge in [-0.25, -0.2) is 0 Å². The van der Waals surface area contributed by atoms with Gasteiger partial charge in [-0.05, 0) is 25.1 Å². The first-order chi connectivity index (χ1) is 6.52. The van der Waals surface area contributed by atoms with Crippen LogP contribution < -0.4 is 0 Å². The van der Waals surface area contributed by atoms with E-state index in [9.17, 15) is 0 Å². The van der Waals surface area contributed by atoms with Crippen LogP contribution in [0.25, 0.3) is 0 Å². The number of hydrogen-bond acceptors (Lipinski definition) is 1. The lowest BCUT2D eigenvalue weighted by atomic mass is 10.5. The van der Waals surface area contributed by atoms with Gasteiger partial charge in [0, 0.05) is 5.73 Å². The largest absolute Gasteiger partial charge is 0.418 e. The Bertz CT molecular complexity index is 146. The third-order valence-electron chi connectivity index (χ3n) is 3.61. The van der Waals surface area contributed by atoms with Crippen molar-refractivity contribution >= 4 is 17.1 Å². The van der Waals surface area contributed by atoms with Gasteiger partial charge in [-0.2, -0.15) is 0 Å². The Morgan fingerprint density at radius 1 is 1.14 bits per heavy atom. The highest BCUT2D eigenvalue weighted by atomic mass is 28.4. The predicted molar refractivity (Wildman–Crippen MR) is 71.2 cm³/mol. The summed E-state index contributed by atoms with van der Waals surface area (Å²) in [5.41, 5.74) is 0.636. The SMILES string of the molecule is CCC(O[Si](C)(CC)CC)[SiH](C)CC. The van der Waals surface area contributed by atoms with Gasteiger partial charge in [-0.15, -0.1) is 0 Å². The molecule has 0 aliphatic rings. The van der Waals surface area contributed by atoms with Gasteiger partial charge in [0.1, 0.15) is 0 Å². The van der Waals surface area contributed by atoms with E-state index in [-0.39, 0.29) is 0 Å². The summed E-state index contributed by atoms with van der Waals surface area (Å²) in [6, 6.07) is 3.91. The van der Waals surface area contributed by atoms with Crippen molar-refractivity contribution in [3.8, 4) is 0 Å². The second-order valence-corrected chi connectivity index (χ2v) is 12.7. The highest BCUT2D eigenvalue weighted by Crippen LogP contribution is 2.21. The van der Waals surface area contributed by atoms with Crippen LogP contribution in [0.3, 0.4) is 0 Å². The van der Waals surface area contributed by atoms with Crippen molar-refractivity contribution in [2.75, 3.05) is 0 Å². The van der Waals surface area contributed by atoms with Crippen LogP contribution in [0.2, 0.25) is 31.2 Å². The molecule has 0 rings (SSSR count). The van der Waals surface area contributed by atoms with E-state index in [2.05, 4.69) is 40.8 Å². The molecule has 0 amide bonds. The molecular formula is C11H28OSi2. The molecule has 0 saturated heterocycles. The van der Waals surface area contributed by atoms with Crippen LogP contribution in [0.1, 0.15) is 34.1 Å². The van der Waals surface area contributed by atoms with Crippen LogP contribution in [0, 0.1) is 0 Å². The zero-order valence-electron chi connectivity index (χ0n) is 10.9. The Kier molecular flexibility index (Phi) is 6.99. The zero-order chi connectivity index (χ0) is 11.2. The molecule has 0 N–H and O–H groups in total. The second kappa shape index (κ2) is 6.80. The first-order valence-corrected chi connectivity index (χ1v) is 11.7. The summed E-state index contributed by atoms with van der Waals surface area (Å²) in [4.78, 5) is 0.